The molecule has 44 heavy (non-hydrogen) atoms. The fourth-order valence-corrected chi connectivity index (χ4v) is 5.03. The van der Waals surface area contributed by atoms with Crippen LogP contribution in [-0.2, 0) is 6.61 Å². The molecule has 0 unspecified atom stereocenters. The molecule has 0 amide bonds. The van der Waals surface area contributed by atoms with E-state index in [0.29, 0.717) is 56.5 Å². The van der Waals surface area contributed by atoms with E-state index in [1.807, 2.05) is 6.92 Å². The third-order valence-electron chi connectivity index (χ3n) is 6.64. The maximum atomic E-state index is 13.6. The van der Waals surface area contributed by atoms with Crippen LogP contribution in [-0.4, -0.2) is 27.4 Å². The van der Waals surface area contributed by atoms with Crippen molar-refractivity contribution in [2.24, 2.45) is 5.10 Å². The van der Waals surface area contributed by atoms with Gasteiger partial charge in [-0.05, 0) is 78.7 Å². The molecule has 0 aliphatic rings. The number of para-hydroxylation sites is 1. The Morgan fingerprint density at radius 3 is 2.59 bits per heavy atom. The summed E-state index contributed by atoms with van der Waals surface area (Å²) in [4.78, 5) is 28.8. The van der Waals surface area contributed by atoms with Crippen molar-refractivity contribution >= 4 is 57.0 Å². The summed E-state index contributed by atoms with van der Waals surface area (Å²) in [5.74, 6) is 1.21. The molecule has 0 aliphatic carbocycles. The van der Waals surface area contributed by atoms with Gasteiger partial charge in [0.15, 0.2) is 17.3 Å². The molecule has 2 heterocycles. The van der Waals surface area contributed by atoms with Gasteiger partial charge in [-0.3, -0.25) is 14.9 Å². The van der Waals surface area contributed by atoms with E-state index >= 15 is 0 Å². The van der Waals surface area contributed by atoms with Crippen LogP contribution in [0.25, 0.3) is 33.5 Å². The number of aromatic nitrogens is 2. The number of halogens is 2. The number of nitrogens with zero attached hydrogens (tertiary/aromatic N) is 4. The van der Waals surface area contributed by atoms with Crippen molar-refractivity contribution in [2.45, 2.75) is 13.5 Å². The third-order valence-corrected chi connectivity index (χ3v) is 7.15. The normalized spacial score (nSPS) is 11.4. The second-order valence-corrected chi connectivity index (χ2v) is 10.4. The summed E-state index contributed by atoms with van der Waals surface area (Å²) in [6.45, 7) is 2.26. The molecule has 220 valence electrons. The summed E-state index contributed by atoms with van der Waals surface area (Å²) in [5.41, 5.74) is 1.92. The molecule has 0 radical (unpaired) electrons. The molecule has 0 fully saturated rings. The lowest BCUT2D eigenvalue weighted by molar-refractivity contribution is -0.384. The number of nitro groups is 1. The van der Waals surface area contributed by atoms with Crippen LogP contribution in [0.4, 0.5) is 5.69 Å². The number of rotatable bonds is 9. The summed E-state index contributed by atoms with van der Waals surface area (Å²) in [6, 6.07) is 23.3. The first-order valence-electron chi connectivity index (χ1n) is 13.4. The molecule has 6 aromatic rings. The first-order valence-corrected chi connectivity index (χ1v) is 14.1. The number of nitro benzene ring substituents is 1. The van der Waals surface area contributed by atoms with Crippen molar-refractivity contribution < 1.29 is 18.8 Å². The first kappa shape index (κ1) is 28.9. The number of ether oxygens (including phenoxy) is 2. The van der Waals surface area contributed by atoms with Crippen LogP contribution in [0, 0.1) is 10.1 Å². The Labute approximate surface area is 259 Å². The Kier molecular flexibility index (Phi) is 8.01. The summed E-state index contributed by atoms with van der Waals surface area (Å²) in [7, 11) is 0. The van der Waals surface area contributed by atoms with Gasteiger partial charge < -0.3 is 13.9 Å². The van der Waals surface area contributed by atoms with E-state index in [1.54, 1.807) is 72.8 Å². The predicted octanol–water partition coefficient (Wildman–Crippen LogP) is 7.88. The second kappa shape index (κ2) is 12.2. The monoisotopic (exact) mass is 628 g/mol. The van der Waals surface area contributed by atoms with E-state index in [1.165, 1.54) is 23.0 Å². The lowest BCUT2D eigenvalue weighted by atomic mass is 10.2. The van der Waals surface area contributed by atoms with Gasteiger partial charge in [0.1, 0.15) is 12.2 Å². The molecule has 6 rings (SSSR count). The smallest absolute Gasteiger partial charge is 0.282 e. The van der Waals surface area contributed by atoms with E-state index in [0.717, 1.165) is 5.39 Å². The molecule has 0 saturated heterocycles. The maximum Gasteiger partial charge on any atom is 0.282 e. The standard InChI is InChI=1S/C32H22Cl2N4O6/c1-2-42-28-14-20(13-25(34)30(28)43-18-19-7-10-23(11-8-19)38(40)41)17-35-37-31(36-26-6-4-3-5-24(26)32(37)39)29-16-21-15-22(33)9-12-27(21)44-29/h3-17H,2,18H2,1H3. The number of furan rings is 1. The van der Waals surface area contributed by atoms with Gasteiger partial charge in [-0.2, -0.15) is 9.78 Å². The molecule has 0 aliphatic heterocycles. The quantitative estimate of drug-likeness (QED) is 0.0906. The van der Waals surface area contributed by atoms with Gasteiger partial charge in [-0.1, -0.05) is 35.3 Å². The summed E-state index contributed by atoms with van der Waals surface area (Å²) in [5, 5.41) is 17.4. The fraction of sp³-hybridized carbons (Fsp3) is 0.0938. The molecule has 4 aromatic carbocycles. The highest BCUT2D eigenvalue weighted by atomic mass is 35.5. The largest absolute Gasteiger partial charge is 0.490 e. The highest BCUT2D eigenvalue weighted by molar-refractivity contribution is 6.32. The Bertz CT molecular complexity index is 2120. The van der Waals surface area contributed by atoms with Gasteiger partial charge in [0, 0.05) is 22.5 Å². The molecule has 0 bridgehead atoms. The predicted molar refractivity (Wildman–Crippen MR) is 169 cm³/mol. The minimum absolute atomic E-state index is 0.0148. The summed E-state index contributed by atoms with van der Waals surface area (Å²) in [6.07, 6.45) is 1.47. The number of hydrogen-bond acceptors (Lipinski definition) is 8. The maximum absolute atomic E-state index is 13.6. The van der Waals surface area contributed by atoms with E-state index < -0.39 is 4.92 Å². The highest BCUT2D eigenvalue weighted by Gasteiger charge is 2.18. The van der Waals surface area contributed by atoms with Crippen LogP contribution in [0.2, 0.25) is 10.0 Å². The van der Waals surface area contributed by atoms with Gasteiger partial charge in [0.05, 0.1) is 33.7 Å². The van der Waals surface area contributed by atoms with Crippen molar-refractivity contribution in [2.75, 3.05) is 6.61 Å². The Morgan fingerprint density at radius 1 is 1.02 bits per heavy atom. The lowest BCUT2D eigenvalue weighted by Gasteiger charge is -2.14. The third kappa shape index (κ3) is 5.85. The zero-order valence-corrected chi connectivity index (χ0v) is 24.6. The van der Waals surface area contributed by atoms with Crippen LogP contribution < -0.4 is 15.0 Å². The van der Waals surface area contributed by atoms with Gasteiger partial charge in [-0.25, -0.2) is 4.98 Å². The Morgan fingerprint density at radius 2 is 1.82 bits per heavy atom. The summed E-state index contributed by atoms with van der Waals surface area (Å²) >= 11 is 12.8. The topological polar surface area (TPSA) is 122 Å². The molecule has 0 atom stereocenters. The molecule has 10 nitrogen and oxygen atoms in total. The number of hydrogen-bond donors (Lipinski definition) is 0. The van der Waals surface area contributed by atoms with Crippen LogP contribution in [0.3, 0.4) is 0 Å². The van der Waals surface area contributed by atoms with Crippen LogP contribution >= 0.6 is 23.2 Å². The number of benzene rings is 4. The minimum Gasteiger partial charge on any atom is -0.490 e. The minimum atomic E-state index is -0.466. The Balaban J connectivity index is 1.37. The number of fused-ring (bicyclic) bond motifs is 2. The van der Waals surface area contributed by atoms with Crippen molar-refractivity contribution in [3.63, 3.8) is 0 Å². The van der Waals surface area contributed by atoms with Gasteiger partial charge in [0.25, 0.3) is 11.2 Å². The lowest BCUT2D eigenvalue weighted by Crippen LogP contribution is -2.20. The first-order chi connectivity index (χ1) is 21.3. The molecule has 12 heteroatoms. The van der Waals surface area contributed by atoms with Crippen LogP contribution in [0.1, 0.15) is 18.1 Å². The van der Waals surface area contributed by atoms with Crippen molar-refractivity contribution in [3.05, 3.63) is 127 Å². The molecule has 0 N–H and O–H groups in total. The summed E-state index contributed by atoms with van der Waals surface area (Å²) < 4.78 is 19.0. The molecular formula is C32H22Cl2N4O6. The molecule has 2 aromatic heterocycles. The van der Waals surface area contributed by atoms with Crippen molar-refractivity contribution in [3.8, 4) is 23.1 Å². The van der Waals surface area contributed by atoms with E-state index in [-0.39, 0.29) is 28.7 Å². The van der Waals surface area contributed by atoms with Crippen molar-refractivity contribution in [1.29, 1.82) is 0 Å². The van der Waals surface area contributed by atoms with Crippen LogP contribution in [0.15, 0.2) is 99.2 Å². The highest BCUT2D eigenvalue weighted by Crippen LogP contribution is 2.37. The van der Waals surface area contributed by atoms with Crippen molar-refractivity contribution in [1.82, 2.24) is 9.66 Å². The van der Waals surface area contributed by atoms with E-state index in [2.05, 4.69) is 5.10 Å². The van der Waals surface area contributed by atoms with Gasteiger partial charge in [-0.15, -0.1) is 0 Å². The number of non-ortho nitro benzene ring substituents is 1. The zero-order valence-electron chi connectivity index (χ0n) is 23.1. The average molecular weight is 629 g/mol. The fourth-order valence-electron chi connectivity index (χ4n) is 4.57. The van der Waals surface area contributed by atoms with E-state index in [4.69, 9.17) is 42.1 Å². The van der Waals surface area contributed by atoms with Crippen LogP contribution in [0.5, 0.6) is 11.5 Å². The average Bonchev–Trinajstić information content (AvgIpc) is 3.43. The zero-order chi connectivity index (χ0) is 30.8. The van der Waals surface area contributed by atoms with Gasteiger partial charge >= 0.3 is 0 Å². The SMILES string of the molecule is CCOc1cc(C=Nn2c(-c3cc4cc(Cl)ccc4o3)nc3ccccc3c2=O)cc(Cl)c1OCc1ccc([N+](=O)[O-])cc1. The van der Waals surface area contributed by atoms with Gasteiger partial charge in [0.2, 0.25) is 5.82 Å². The Hall–Kier alpha value is -5.19. The molecular weight excluding hydrogens is 607 g/mol. The second-order valence-electron chi connectivity index (χ2n) is 9.58. The molecule has 0 saturated carbocycles. The molecule has 0 spiro atoms. The van der Waals surface area contributed by atoms with E-state index in [9.17, 15) is 14.9 Å².